The molecule has 3 nitrogen and oxygen atoms in total. The Morgan fingerprint density at radius 2 is 2.05 bits per heavy atom. The summed E-state index contributed by atoms with van der Waals surface area (Å²) in [5, 5.41) is 5.08. The maximum Gasteiger partial charge on any atom is 0.0489 e. The highest BCUT2D eigenvalue weighted by Crippen LogP contribution is 2.27. The Morgan fingerprint density at radius 1 is 1.19 bits per heavy atom. The third-order valence-electron chi connectivity index (χ3n) is 4.27. The van der Waals surface area contributed by atoms with Crippen LogP contribution in [0.5, 0.6) is 0 Å². The minimum Gasteiger partial charge on any atom is -0.303 e. The predicted octanol–water partition coefficient (Wildman–Crippen LogP) is 3.81. The summed E-state index contributed by atoms with van der Waals surface area (Å²) < 4.78 is 2.01. The molecule has 1 saturated heterocycles. The molecule has 1 fully saturated rings. The first-order valence-corrected chi connectivity index (χ1v) is 8.14. The lowest BCUT2D eigenvalue weighted by atomic mass is 9.90. The number of hydrogen-bond acceptors (Lipinski definition) is 2. The van der Waals surface area contributed by atoms with Gasteiger partial charge >= 0.3 is 0 Å². The van der Waals surface area contributed by atoms with Crippen LogP contribution >= 0.6 is 11.6 Å². The van der Waals surface area contributed by atoms with Crippen LogP contribution in [-0.4, -0.2) is 34.3 Å². The number of likely N-dealkylation sites (tertiary alicyclic amines) is 1. The fourth-order valence-corrected chi connectivity index (χ4v) is 3.28. The number of aromatic nitrogens is 2. The van der Waals surface area contributed by atoms with Crippen molar-refractivity contribution in [2.45, 2.75) is 31.7 Å². The highest BCUT2D eigenvalue weighted by atomic mass is 35.5. The van der Waals surface area contributed by atoms with E-state index in [2.05, 4.69) is 22.1 Å². The maximum atomic E-state index is 5.98. The van der Waals surface area contributed by atoms with Gasteiger partial charge in [-0.1, -0.05) is 23.7 Å². The number of benzene rings is 1. The van der Waals surface area contributed by atoms with Crippen molar-refractivity contribution in [3.63, 3.8) is 0 Å². The highest BCUT2D eigenvalue weighted by Gasteiger charge is 2.20. The summed E-state index contributed by atoms with van der Waals surface area (Å²) in [6.07, 6.45) is 7.62. The van der Waals surface area contributed by atoms with Gasteiger partial charge in [0.2, 0.25) is 0 Å². The molecule has 2 aromatic rings. The molecule has 112 valence electrons. The van der Waals surface area contributed by atoms with Crippen LogP contribution in [0.3, 0.4) is 0 Å². The number of hydrogen-bond donors (Lipinski definition) is 0. The van der Waals surface area contributed by atoms with Crippen molar-refractivity contribution in [3.05, 3.63) is 53.3 Å². The molecular weight excluding hydrogens is 282 g/mol. The lowest BCUT2D eigenvalue weighted by molar-refractivity contribution is 0.202. The molecule has 1 aliphatic heterocycles. The van der Waals surface area contributed by atoms with E-state index >= 15 is 0 Å². The van der Waals surface area contributed by atoms with Crippen molar-refractivity contribution >= 4 is 11.6 Å². The molecule has 0 amide bonds. The second-order valence-electron chi connectivity index (χ2n) is 5.81. The Morgan fingerprint density at radius 3 is 2.81 bits per heavy atom. The molecule has 1 aromatic heterocycles. The van der Waals surface area contributed by atoms with Gasteiger partial charge in [0.15, 0.2) is 0 Å². The van der Waals surface area contributed by atoms with Crippen molar-refractivity contribution in [2.75, 3.05) is 19.6 Å². The lowest BCUT2D eigenvalue weighted by Gasteiger charge is -2.33. The van der Waals surface area contributed by atoms with E-state index in [1.54, 1.807) is 0 Å². The third kappa shape index (κ3) is 4.08. The maximum absolute atomic E-state index is 5.98. The molecule has 0 radical (unpaired) electrons. The van der Waals surface area contributed by atoms with Gasteiger partial charge in [-0.25, -0.2) is 0 Å². The molecule has 2 heterocycles. The molecule has 0 saturated carbocycles. The standard InChI is InChI=1S/C17H22ClN3/c18-17-7-5-15(6-8-17)16-4-1-10-20(14-16)11-3-13-21-12-2-9-19-21/h2,5-9,12,16H,1,3-4,10-11,13-14H2/t16-/m1/s1. The molecule has 0 N–H and O–H groups in total. The molecule has 0 spiro atoms. The van der Waals surface area contributed by atoms with Crippen LogP contribution in [0.4, 0.5) is 0 Å². The van der Waals surface area contributed by atoms with Gasteiger partial charge in [-0.05, 0) is 62.0 Å². The average molecular weight is 304 g/mol. The summed E-state index contributed by atoms with van der Waals surface area (Å²) in [5.74, 6) is 0.653. The summed E-state index contributed by atoms with van der Waals surface area (Å²) in [7, 11) is 0. The normalized spacial score (nSPS) is 19.8. The van der Waals surface area contributed by atoms with Gasteiger partial charge in [0.25, 0.3) is 0 Å². The smallest absolute Gasteiger partial charge is 0.0489 e. The topological polar surface area (TPSA) is 21.1 Å². The Bertz CT molecular complexity index is 536. The van der Waals surface area contributed by atoms with E-state index in [4.69, 9.17) is 11.6 Å². The molecule has 4 heteroatoms. The summed E-state index contributed by atoms with van der Waals surface area (Å²) in [4.78, 5) is 2.59. The van der Waals surface area contributed by atoms with E-state index in [9.17, 15) is 0 Å². The molecule has 0 bridgehead atoms. The van der Waals surface area contributed by atoms with Gasteiger partial charge < -0.3 is 4.90 Å². The van der Waals surface area contributed by atoms with Crippen molar-refractivity contribution in [3.8, 4) is 0 Å². The second-order valence-corrected chi connectivity index (χ2v) is 6.25. The first-order chi connectivity index (χ1) is 10.3. The van der Waals surface area contributed by atoms with Crippen molar-refractivity contribution < 1.29 is 0 Å². The third-order valence-corrected chi connectivity index (χ3v) is 4.52. The molecular formula is C17H22ClN3. The predicted molar refractivity (Wildman–Crippen MR) is 86.7 cm³/mol. The fraction of sp³-hybridized carbons (Fsp3) is 0.471. The summed E-state index contributed by atoms with van der Waals surface area (Å²) in [6, 6.07) is 10.4. The van der Waals surface area contributed by atoms with Gasteiger partial charge in [-0.3, -0.25) is 4.68 Å². The molecule has 0 aliphatic carbocycles. The summed E-state index contributed by atoms with van der Waals surface area (Å²) >= 11 is 5.98. The van der Waals surface area contributed by atoms with E-state index in [1.807, 2.05) is 35.3 Å². The van der Waals surface area contributed by atoms with Crippen molar-refractivity contribution in [1.29, 1.82) is 0 Å². The number of piperidine rings is 1. The van der Waals surface area contributed by atoms with Crippen LogP contribution in [0, 0.1) is 0 Å². The summed E-state index contributed by atoms with van der Waals surface area (Å²) in [6.45, 7) is 4.56. The number of rotatable bonds is 5. The number of nitrogens with zero attached hydrogens (tertiary/aromatic N) is 3. The zero-order chi connectivity index (χ0) is 14.5. The molecule has 1 aliphatic rings. The van der Waals surface area contributed by atoms with E-state index < -0.39 is 0 Å². The molecule has 3 rings (SSSR count). The van der Waals surface area contributed by atoms with E-state index in [0.29, 0.717) is 5.92 Å². The minimum absolute atomic E-state index is 0.653. The van der Waals surface area contributed by atoms with E-state index in [1.165, 1.54) is 31.5 Å². The van der Waals surface area contributed by atoms with Crippen molar-refractivity contribution in [1.82, 2.24) is 14.7 Å². The molecule has 0 unspecified atom stereocenters. The fourth-order valence-electron chi connectivity index (χ4n) is 3.15. The monoisotopic (exact) mass is 303 g/mol. The van der Waals surface area contributed by atoms with Crippen LogP contribution in [0.25, 0.3) is 0 Å². The first-order valence-electron chi connectivity index (χ1n) is 7.76. The van der Waals surface area contributed by atoms with Gasteiger partial charge in [0.05, 0.1) is 0 Å². The quantitative estimate of drug-likeness (QED) is 0.837. The number of aryl methyl sites for hydroxylation is 1. The lowest BCUT2D eigenvalue weighted by Crippen LogP contribution is -2.35. The Labute approximate surface area is 131 Å². The Kier molecular flexibility index (Phi) is 4.94. The van der Waals surface area contributed by atoms with Crippen LogP contribution in [0.15, 0.2) is 42.7 Å². The Hall–Kier alpha value is -1.32. The average Bonchev–Trinajstić information content (AvgIpc) is 3.02. The van der Waals surface area contributed by atoms with E-state index in [-0.39, 0.29) is 0 Å². The summed E-state index contributed by atoms with van der Waals surface area (Å²) in [5.41, 5.74) is 1.43. The van der Waals surface area contributed by atoms with Crippen LogP contribution in [0.2, 0.25) is 5.02 Å². The zero-order valence-corrected chi connectivity index (χ0v) is 13.0. The minimum atomic E-state index is 0.653. The van der Waals surface area contributed by atoms with Gasteiger partial charge in [0, 0.05) is 30.5 Å². The van der Waals surface area contributed by atoms with Crippen molar-refractivity contribution in [2.24, 2.45) is 0 Å². The van der Waals surface area contributed by atoms with Gasteiger partial charge in [0.1, 0.15) is 0 Å². The SMILES string of the molecule is Clc1ccc([C@@H]2CCCN(CCCn3cccn3)C2)cc1. The van der Waals surface area contributed by atoms with Crippen LogP contribution in [0.1, 0.15) is 30.7 Å². The van der Waals surface area contributed by atoms with Crippen LogP contribution < -0.4 is 0 Å². The molecule has 1 atom stereocenters. The van der Waals surface area contributed by atoms with Gasteiger partial charge in [-0.2, -0.15) is 5.10 Å². The largest absolute Gasteiger partial charge is 0.303 e. The highest BCUT2D eigenvalue weighted by molar-refractivity contribution is 6.30. The first kappa shape index (κ1) is 14.6. The zero-order valence-electron chi connectivity index (χ0n) is 12.3. The second kappa shape index (κ2) is 7.10. The van der Waals surface area contributed by atoms with Crippen LogP contribution in [-0.2, 0) is 6.54 Å². The van der Waals surface area contributed by atoms with E-state index in [0.717, 1.165) is 24.5 Å². The molecule has 1 aromatic carbocycles. The number of halogens is 1. The Balaban J connectivity index is 1.49. The molecule has 21 heavy (non-hydrogen) atoms. The van der Waals surface area contributed by atoms with Gasteiger partial charge in [-0.15, -0.1) is 0 Å².